The van der Waals surface area contributed by atoms with Crippen molar-refractivity contribution in [1.29, 1.82) is 0 Å². The number of benzene rings is 1. The van der Waals surface area contributed by atoms with E-state index < -0.39 is 0 Å². The molecule has 13 heavy (non-hydrogen) atoms. The van der Waals surface area contributed by atoms with Crippen molar-refractivity contribution in [3.8, 4) is 0 Å². The maximum absolute atomic E-state index is 9.08. The van der Waals surface area contributed by atoms with E-state index in [0.717, 1.165) is 22.0 Å². The van der Waals surface area contributed by atoms with E-state index in [4.69, 9.17) is 10.8 Å². The average molecular weight is 244 g/mol. The molecule has 0 radical (unpaired) electrons. The van der Waals surface area contributed by atoms with Crippen molar-refractivity contribution in [3.05, 3.63) is 33.8 Å². The molecule has 0 aliphatic heterocycles. The Morgan fingerprint density at radius 3 is 2.77 bits per heavy atom. The van der Waals surface area contributed by atoms with Crippen LogP contribution in [0.25, 0.3) is 0 Å². The summed E-state index contributed by atoms with van der Waals surface area (Å²) in [5.41, 5.74) is 7.85. The summed E-state index contributed by atoms with van der Waals surface area (Å²) in [4.78, 5) is 0. The molecular weight excluding hydrogens is 230 g/mol. The van der Waals surface area contributed by atoms with Crippen LogP contribution in [-0.2, 0) is 6.61 Å². The molecule has 72 valence electrons. The van der Waals surface area contributed by atoms with Crippen molar-refractivity contribution in [3.63, 3.8) is 0 Å². The van der Waals surface area contributed by atoms with E-state index in [1.807, 2.05) is 25.1 Å². The molecule has 1 unspecified atom stereocenters. The lowest BCUT2D eigenvalue weighted by Crippen LogP contribution is -2.11. The van der Waals surface area contributed by atoms with Gasteiger partial charge in [-0.25, -0.2) is 0 Å². The fraction of sp³-hybridized carbons (Fsp3) is 0.400. The van der Waals surface area contributed by atoms with Crippen LogP contribution in [0.15, 0.2) is 22.7 Å². The Balaban J connectivity index is 3.07. The Morgan fingerprint density at radius 2 is 2.23 bits per heavy atom. The van der Waals surface area contributed by atoms with Crippen molar-refractivity contribution >= 4 is 15.9 Å². The molecule has 0 aromatic heterocycles. The van der Waals surface area contributed by atoms with E-state index in [1.54, 1.807) is 0 Å². The van der Waals surface area contributed by atoms with E-state index in [-0.39, 0.29) is 12.6 Å². The number of rotatable bonds is 3. The second kappa shape index (κ2) is 4.74. The van der Waals surface area contributed by atoms with Gasteiger partial charge in [0.2, 0.25) is 0 Å². The van der Waals surface area contributed by atoms with Gasteiger partial charge in [-0.05, 0) is 29.7 Å². The molecule has 1 atom stereocenters. The van der Waals surface area contributed by atoms with Crippen LogP contribution in [0.2, 0.25) is 0 Å². The lowest BCUT2D eigenvalue weighted by atomic mass is 10.00. The zero-order valence-electron chi connectivity index (χ0n) is 7.63. The highest BCUT2D eigenvalue weighted by atomic mass is 79.9. The molecule has 1 aromatic rings. The Morgan fingerprint density at radius 1 is 1.54 bits per heavy atom. The third-order valence-electron chi connectivity index (χ3n) is 2.12. The second-order valence-corrected chi connectivity index (χ2v) is 3.93. The normalized spacial score (nSPS) is 12.9. The summed E-state index contributed by atoms with van der Waals surface area (Å²) in [6.45, 7) is 2.09. The van der Waals surface area contributed by atoms with Crippen molar-refractivity contribution in [1.82, 2.24) is 0 Å². The highest BCUT2D eigenvalue weighted by Crippen LogP contribution is 2.23. The number of aliphatic hydroxyl groups is 1. The molecular formula is C10H14BrNO. The molecule has 3 N–H and O–H groups in total. The summed E-state index contributed by atoms with van der Waals surface area (Å²) in [6.07, 6.45) is 0.878. The average Bonchev–Trinajstić information content (AvgIpc) is 2.16. The number of aliphatic hydroxyl groups excluding tert-OH is 1. The molecule has 0 spiro atoms. The van der Waals surface area contributed by atoms with Gasteiger partial charge in [-0.3, -0.25) is 0 Å². The third kappa shape index (κ3) is 2.53. The summed E-state index contributed by atoms with van der Waals surface area (Å²) < 4.78 is 1.00. The van der Waals surface area contributed by atoms with Gasteiger partial charge in [-0.2, -0.15) is 0 Å². The number of halogens is 1. The highest BCUT2D eigenvalue weighted by Gasteiger charge is 2.08. The molecule has 0 bridgehead atoms. The summed E-state index contributed by atoms with van der Waals surface area (Å²) in [6, 6.07) is 5.80. The fourth-order valence-electron chi connectivity index (χ4n) is 1.27. The van der Waals surface area contributed by atoms with Gasteiger partial charge in [0, 0.05) is 10.5 Å². The van der Waals surface area contributed by atoms with Crippen LogP contribution in [0, 0.1) is 0 Å². The number of hydrogen-bond donors (Lipinski definition) is 2. The molecule has 1 aromatic carbocycles. The predicted octanol–water partition coefficient (Wildman–Crippen LogP) is 2.35. The van der Waals surface area contributed by atoms with Crippen LogP contribution in [0.3, 0.4) is 0 Å². The second-order valence-electron chi connectivity index (χ2n) is 3.02. The van der Waals surface area contributed by atoms with Gasteiger partial charge in [-0.1, -0.05) is 28.9 Å². The van der Waals surface area contributed by atoms with Crippen LogP contribution in [0.5, 0.6) is 0 Å². The first-order valence-electron chi connectivity index (χ1n) is 4.33. The van der Waals surface area contributed by atoms with Crippen LogP contribution < -0.4 is 5.73 Å². The molecule has 0 amide bonds. The molecule has 0 fully saturated rings. The Kier molecular flexibility index (Phi) is 3.90. The lowest BCUT2D eigenvalue weighted by Gasteiger charge is -2.13. The maximum Gasteiger partial charge on any atom is 0.0685 e. The summed E-state index contributed by atoms with van der Waals surface area (Å²) in [5.74, 6) is 0. The first-order valence-corrected chi connectivity index (χ1v) is 5.13. The number of nitrogens with two attached hydrogens (primary N) is 1. The minimum atomic E-state index is 0.0136. The van der Waals surface area contributed by atoms with Gasteiger partial charge >= 0.3 is 0 Å². The van der Waals surface area contributed by atoms with E-state index >= 15 is 0 Å². The molecule has 0 aliphatic rings. The lowest BCUT2D eigenvalue weighted by molar-refractivity contribution is 0.279. The standard InChI is InChI=1S/C10H14BrNO/c1-2-10(12)9-5-8(11)4-3-7(9)6-13/h3-5,10,13H,2,6,12H2,1H3. The monoisotopic (exact) mass is 243 g/mol. The van der Waals surface area contributed by atoms with Gasteiger partial charge in [0.05, 0.1) is 6.61 Å². The van der Waals surface area contributed by atoms with Crippen molar-refractivity contribution in [2.75, 3.05) is 0 Å². The Hall–Kier alpha value is -0.380. The molecule has 0 saturated carbocycles. The first-order chi connectivity index (χ1) is 6.19. The topological polar surface area (TPSA) is 46.2 Å². The zero-order chi connectivity index (χ0) is 9.84. The third-order valence-corrected chi connectivity index (χ3v) is 2.61. The quantitative estimate of drug-likeness (QED) is 0.857. The van der Waals surface area contributed by atoms with Gasteiger partial charge in [-0.15, -0.1) is 0 Å². The van der Waals surface area contributed by atoms with Crippen LogP contribution >= 0.6 is 15.9 Å². The van der Waals surface area contributed by atoms with Gasteiger partial charge in [0.25, 0.3) is 0 Å². The summed E-state index contributed by atoms with van der Waals surface area (Å²) in [7, 11) is 0. The van der Waals surface area contributed by atoms with Gasteiger partial charge in [0.15, 0.2) is 0 Å². The molecule has 2 nitrogen and oxygen atoms in total. The minimum Gasteiger partial charge on any atom is -0.392 e. The molecule has 0 heterocycles. The van der Waals surface area contributed by atoms with Crippen LogP contribution in [-0.4, -0.2) is 5.11 Å². The Labute approximate surface area is 86.9 Å². The van der Waals surface area contributed by atoms with Crippen LogP contribution in [0.4, 0.5) is 0 Å². The van der Waals surface area contributed by atoms with E-state index in [0.29, 0.717) is 0 Å². The van der Waals surface area contributed by atoms with E-state index in [1.165, 1.54) is 0 Å². The van der Waals surface area contributed by atoms with Crippen molar-refractivity contribution in [2.45, 2.75) is 26.0 Å². The van der Waals surface area contributed by atoms with Gasteiger partial charge < -0.3 is 10.8 Å². The van der Waals surface area contributed by atoms with E-state index in [2.05, 4.69) is 15.9 Å². The van der Waals surface area contributed by atoms with E-state index in [9.17, 15) is 0 Å². The fourth-order valence-corrected chi connectivity index (χ4v) is 1.65. The largest absolute Gasteiger partial charge is 0.392 e. The Bertz CT molecular complexity index is 288. The highest BCUT2D eigenvalue weighted by molar-refractivity contribution is 9.10. The van der Waals surface area contributed by atoms with Gasteiger partial charge in [0.1, 0.15) is 0 Å². The van der Waals surface area contributed by atoms with Crippen molar-refractivity contribution in [2.24, 2.45) is 5.73 Å². The smallest absolute Gasteiger partial charge is 0.0685 e. The molecule has 3 heteroatoms. The van der Waals surface area contributed by atoms with Crippen molar-refractivity contribution < 1.29 is 5.11 Å². The molecule has 1 rings (SSSR count). The molecule has 0 saturated heterocycles. The first kappa shape index (κ1) is 10.7. The summed E-state index contributed by atoms with van der Waals surface area (Å²) >= 11 is 3.39. The maximum atomic E-state index is 9.08. The zero-order valence-corrected chi connectivity index (χ0v) is 9.21. The molecule has 0 aliphatic carbocycles. The number of hydrogen-bond acceptors (Lipinski definition) is 2. The minimum absolute atomic E-state index is 0.0136. The predicted molar refractivity (Wildman–Crippen MR) is 57.3 cm³/mol. The SMILES string of the molecule is CCC(N)c1cc(Br)ccc1CO. The van der Waals surface area contributed by atoms with Crippen LogP contribution in [0.1, 0.15) is 30.5 Å². The summed E-state index contributed by atoms with van der Waals surface area (Å²) in [5, 5.41) is 9.08.